The molecule has 8 heteroatoms. The lowest BCUT2D eigenvalue weighted by molar-refractivity contribution is -0.148. The monoisotopic (exact) mass is 453 g/mol. The largest absolute Gasteiger partial charge is 0.479 e. The van der Waals surface area contributed by atoms with Gasteiger partial charge in [0.1, 0.15) is 0 Å². The van der Waals surface area contributed by atoms with E-state index < -0.39 is 30.0 Å². The van der Waals surface area contributed by atoms with Crippen LogP contribution in [-0.4, -0.2) is 45.3 Å². The number of carboxylic acids is 2. The number of carboxylic acid groups (broad SMARTS) is 2. The molecule has 2 unspecified atom stereocenters. The van der Waals surface area contributed by atoms with Crippen molar-refractivity contribution in [2.45, 2.75) is 18.6 Å². The first kappa shape index (κ1) is 23.0. The predicted octanol–water partition coefficient (Wildman–Crippen LogP) is 3.49. The minimum absolute atomic E-state index is 0.0155. The number of benzene rings is 3. The van der Waals surface area contributed by atoms with Gasteiger partial charge in [-0.3, -0.25) is 4.79 Å². The zero-order valence-electron chi connectivity index (χ0n) is 16.7. The van der Waals surface area contributed by atoms with Crippen molar-refractivity contribution in [3.63, 3.8) is 0 Å². The number of aliphatic carboxylic acids is 1. The second kappa shape index (κ2) is 10.1. The van der Waals surface area contributed by atoms with Crippen LogP contribution in [0.3, 0.4) is 0 Å². The Labute approximate surface area is 188 Å². The number of carbonyl (C=O) groups is 3. The molecule has 4 N–H and O–H groups in total. The zero-order chi connectivity index (χ0) is 23.3. The number of aliphatic hydroxyl groups excluding tert-OH is 1. The van der Waals surface area contributed by atoms with Crippen molar-refractivity contribution in [2.24, 2.45) is 0 Å². The first-order chi connectivity index (χ1) is 15.3. The maximum Gasteiger partial charge on any atom is 0.336 e. The van der Waals surface area contributed by atoms with Crippen molar-refractivity contribution in [3.05, 3.63) is 94.5 Å². The number of hydrogen-bond acceptors (Lipinski definition) is 4. The molecule has 164 valence electrons. The molecule has 0 saturated carbocycles. The Morgan fingerprint density at radius 2 is 1.62 bits per heavy atom. The van der Waals surface area contributed by atoms with Gasteiger partial charge >= 0.3 is 11.9 Å². The molecule has 0 spiro atoms. The van der Waals surface area contributed by atoms with Gasteiger partial charge in [-0.15, -0.1) is 0 Å². The van der Waals surface area contributed by atoms with Crippen molar-refractivity contribution in [1.82, 2.24) is 5.32 Å². The highest BCUT2D eigenvalue weighted by Crippen LogP contribution is 2.27. The highest BCUT2D eigenvalue weighted by molar-refractivity contribution is 6.31. The van der Waals surface area contributed by atoms with Crippen LogP contribution in [0, 0.1) is 0 Å². The molecule has 3 rings (SSSR count). The van der Waals surface area contributed by atoms with Gasteiger partial charge in [-0.1, -0.05) is 60.1 Å². The van der Waals surface area contributed by atoms with E-state index in [1.165, 1.54) is 18.2 Å². The quantitative estimate of drug-likeness (QED) is 0.414. The summed E-state index contributed by atoms with van der Waals surface area (Å²) in [5, 5.41) is 31.7. The summed E-state index contributed by atoms with van der Waals surface area (Å²) < 4.78 is 0. The Balaban J connectivity index is 1.89. The Kier molecular flexibility index (Phi) is 7.25. The number of aromatic carboxylic acids is 1. The number of carbonyl (C=O) groups excluding carboxylic acids is 1. The lowest BCUT2D eigenvalue weighted by Crippen LogP contribution is -2.48. The third-order valence-corrected chi connectivity index (χ3v) is 5.13. The zero-order valence-corrected chi connectivity index (χ0v) is 17.5. The molecule has 0 bridgehead atoms. The second-order valence-corrected chi connectivity index (χ2v) is 7.57. The van der Waals surface area contributed by atoms with Gasteiger partial charge in [0.05, 0.1) is 11.6 Å². The van der Waals surface area contributed by atoms with Crippen LogP contribution in [-0.2, 0) is 11.2 Å². The highest BCUT2D eigenvalue weighted by Gasteiger charge is 2.28. The van der Waals surface area contributed by atoms with E-state index in [0.717, 1.165) is 5.56 Å². The number of nitrogens with one attached hydrogen (secondary N) is 1. The van der Waals surface area contributed by atoms with Crippen molar-refractivity contribution >= 4 is 29.4 Å². The van der Waals surface area contributed by atoms with Crippen molar-refractivity contribution in [2.75, 3.05) is 0 Å². The van der Waals surface area contributed by atoms with Crippen LogP contribution in [0.5, 0.6) is 0 Å². The fourth-order valence-corrected chi connectivity index (χ4v) is 3.48. The summed E-state index contributed by atoms with van der Waals surface area (Å²) in [5.74, 6) is -3.21. The average molecular weight is 454 g/mol. The number of aliphatic hydroxyl groups is 1. The summed E-state index contributed by atoms with van der Waals surface area (Å²) >= 11 is 5.91. The van der Waals surface area contributed by atoms with Crippen molar-refractivity contribution < 1.29 is 29.7 Å². The van der Waals surface area contributed by atoms with Gasteiger partial charge in [-0.05, 0) is 47.4 Å². The molecule has 3 aromatic carbocycles. The maximum atomic E-state index is 12.9. The Morgan fingerprint density at radius 1 is 0.906 bits per heavy atom. The summed E-state index contributed by atoms with van der Waals surface area (Å²) in [4.78, 5) is 35.8. The number of rotatable bonds is 8. The Morgan fingerprint density at radius 3 is 2.28 bits per heavy atom. The number of halogens is 1. The smallest absolute Gasteiger partial charge is 0.336 e. The summed E-state index contributed by atoms with van der Waals surface area (Å²) in [6.07, 6.45) is -1.70. The number of amides is 1. The molecule has 0 aromatic heterocycles. The van der Waals surface area contributed by atoms with E-state index in [-0.39, 0.29) is 22.6 Å². The normalized spacial score (nSPS) is 12.6. The van der Waals surface area contributed by atoms with E-state index >= 15 is 0 Å². The predicted molar refractivity (Wildman–Crippen MR) is 119 cm³/mol. The average Bonchev–Trinajstić information content (AvgIpc) is 2.78. The molecular weight excluding hydrogens is 434 g/mol. The number of hydrogen-bond donors (Lipinski definition) is 4. The van der Waals surface area contributed by atoms with Crippen molar-refractivity contribution in [3.8, 4) is 11.1 Å². The van der Waals surface area contributed by atoms with Gasteiger partial charge < -0.3 is 20.6 Å². The van der Waals surface area contributed by atoms with Crippen LogP contribution >= 0.6 is 11.6 Å². The molecule has 2 atom stereocenters. The van der Waals surface area contributed by atoms with E-state index in [0.29, 0.717) is 11.1 Å². The van der Waals surface area contributed by atoms with Crippen molar-refractivity contribution in [1.29, 1.82) is 0 Å². The molecule has 0 saturated heterocycles. The Bertz CT molecular complexity index is 1150. The first-order valence-corrected chi connectivity index (χ1v) is 10.0. The van der Waals surface area contributed by atoms with Gasteiger partial charge in [0.2, 0.25) is 0 Å². The van der Waals surface area contributed by atoms with E-state index in [1.807, 2.05) is 0 Å². The standard InChI is InChI=1S/C24H20ClNO6/c25-17-9-10-18(19(13-17)23(29)30)15-7-4-8-16(12-15)22(28)26-20(21(27)24(31)32)11-14-5-2-1-3-6-14/h1-10,12-13,20-21,27H,11H2,(H,26,28)(H,29,30)(H,31,32). The van der Waals surface area contributed by atoms with Crippen LogP contribution in [0.15, 0.2) is 72.8 Å². The van der Waals surface area contributed by atoms with Gasteiger partial charge in [0, 0.05) is 10.6 Å². The minimum Gasteiger partial charge on any atom is -0.479 e. The van der Waals surface area contributed by atoms with Gasteiger partial charge in [0.25, 0.3) is 5.91 Å². The minimum atomic E-state index is -1.81. The van der Waals surface area contributed by atoms with E-state index in [1.54, 1.807) is 54.6 Å². The molecule has 1 amide bonds. The summed E-state index contributed by atoms with van der Waals surface area (Å²) in [7, 11) is 0. The van der Waals surface area contributed by atoms with Gasteiger partial charge in [-0.2, -0.15) is 0 Å². The molecule has 0 fully saturated rings. The van der Waals surface area contributed by atoms with E-state index in [4.69, 9.17) is 11.6 Å². The van der Waals surface area contributed by atoms with Crippen LogP contribution < -0.4 is 5.32 Å². The Hall–Kier alpha value is -3.68. The van der Waals surface area contributed by atoms with Crippen LogP contribution in [0.1, 0.15) is 26.3 Å². The molecule has 0 aliphatic rings. The molecule has 0 radical (unpaired) electrons. The first-order valence-electron chi connectivity index (χ1n) is 9.65. The molecule has 0 aliphatic heterocycles. The fraction of sp³-hybridized carbons (Fsp3) is 0.125. The molecule has 0 heterocycles. The van der Waals surface area contributed by atoms with Crippen LogP contribution in [0.4, 0.5) is 0 Å². The third kappa shape index (κ3) is 5.51. The lowest BCUT2D eigenvalue weighted by Gasteiger charge is -2.22. The molecule has 32 heavy (non-hydrogen) atoms. The molecule has 7 nitrogen and oxygen atoms in total. The second-order valence-electron chi connectivity index (χ2n) is 7.13. The topological polar surface area (TPSA) is 124 Å². The lowest BCUT2D eigenvalue weighted by atomic mass is 9.97. The van der Waals surface area contributed by atoms with Crippen LogP contribution in [0.25, 0.3) is 11.1 Å². The van der Waals surface area contributed by atoms with E-state index in [9.17, 15) is 29.7 Å². The summed E-state index contributed by atoms with van der Waals surface area (Å²) in [6, 6.07) is 18.5. The SMILES string of the molecule is O=C(NC(Cc1ccccc1)C(O)C(=O)O)c1cccc(-c2ccc(Cl)cc2C(=O)O)c1. The highest BCUT2D eigenvalue weighted by atomic mass is 35.5. The molecular formula is C24H20ClNO6. The molecule has 3 aromatic rings. The molecule has 0 aliphatic carbocycles. The van der Waals surface area contributed by atoms with E-state index in [2.05, 4.69) is 5.32 Å². The van der Waals surface area contributed by atoms with Gasteiger partial charge in [-0.25, -0.2) is 9.59 Å². The fourth-order valence-electron chi connectivity index (χ4n) is 3.31. The third-order valence-electron chi connectivity index (χ3n) is 4.90. The maximum absolute atomic E-state index is 12.9. The summed E-state index contributed by atoms with van der Waals surface area (Å²) in [5.41, 5.74) is 1.77. The van der Waals surface area contributed by atoms with Crippen LogP contribution in [0.2, 0.25) is 5.02 Å². The van der Waals surface area contributed by atoms with Gasteiger partial charge in [0.15, 0.2) is 6.10 Å². The summed E-state index contributed by atoms with van der Waals surface area (Å²) in [6.45, 7) is 0.